The summed E-state index contributed by atoms with van der Waals surface area (Å²) in [7, 11) is -3.79. The van der Waals surface area contributed by atoms with Gasteiger partial charge in [-0.1, -0.05) is 22.0 Å². The highest BCUT2D eigenvalue weighted by atomic mass is 79.9. The summed E-state index contributed by atoms with van der Waals surface area (Å²) < 4.78 is 32.8. The van der Waals surface area contributed by atoms with Crippen LogP contribution in [0.5, 0.6) is 0 Å². The molecule has 138 valence electrons. The second-order valence-electron chi connectivity index (χ2n) is 5.17. The molecule has 0 radical (unpaired) electrons. The van der Waals surface area contributed by atoms with E-state index < -0.39 is 28.5 Å². The zero-order valence-corrected chi connectivity index (χ0v) is 16.3. The van der Waals surface area contributed by atoms with Crippen molar-refractivity contribution in [2.45, 2.75) is 11.8 Å². The van der Waals surface area contributed by atoms with E-state index >= 15 is 0 Å². The molecular formula is C17H17BrN2O5S. The van der Waals surface area contributed by atoms with Crippen molar-refractivity contribution in [3.05, 3.63) is 58.6 Å². The molecule has 0 aliphatic carbocycles. The fourth-order valence-electron chi connectivity index (χ4n) is 2.00. The highest BCUT2D eigenvalue weighted by Crippen LogP contribution is 2.19. The molecule has 0 saturated heterocycles. The normalized spacial score (nSPS) is 10.8. The molecule has 0 heterocycles. The summed E-state index contributed by atoms with van der Waals surface area (Å²) in [6.07, 6.45) is 0. The van der Waals surface area contributed by atoms with Crippen molar-refractivity contribution in [1.29, 1.82) is 0 Å². The quantitative estimate of drug-likeness (QED) is 0.644. The van der Waals surface area contributed by atoms with Gasteiger partial charge in [0.15, 0.2) is 6.61 Å². The van der Waals surface area contributed by atoms with Gasteiger partial charge in [0, 0.05) is 16.7 Å². The van der Waals surface area contributed by atoms with Crippen LogP contribution in [0.3, 0.4) is 0 Å². The standard InChI is InChI=1S/C17H17BrN2O5S/c1-2-19-16(21)11-25-17(22)12-4-3-5-14(10-12)20-26(23,24)15-8-6-13(18)7-9-15/h3-10,20H,2,11H2,1H3,(H,19,21). The Morgan fingerprint density at radius 3 is 2.46 bits per heavy atom. The third-order valence-corrected chi connectivity index (χ3v) is 5.11. The average Bonchev–Trinajstić information content (AvgIpc) is 2.60. The van der Waals surface area contributed by atoms with Gasteiger partial charge in [-0.2, -0.15) is 0 Å². The number of anilines is 1. The lowest BCUT2D eigenvalue weighted by atomic mass is 10.2. The topological polar surface area (TPSA) is 102 Å². The predicted octanol–water partition coefficient (Wildman–Crippen LogP) is 2.54. The van der Waals surface area contributed by atoms with Crippen molar-refractivity contribution in [3.63, 3.8) is 0 Å². The molecule has 0 aromatic heterocycles. The number of ether oxygens (including phenoxy) is 1. The van der Waals surface area contributed by atoms with Gasteiger partial charge in [0.05, 0.1) is 10.5 Å². The number of sulfonamides is 1. The van der Waals surface area contributed by atoms with Crippen LogP contribution in [0, 0.1) is 0 Å². The van der Waals surface area contributed by atoms with E-state index in [1.165, 1.54) is 36.4 Å². The molecular weight excluding hydrogens is 424 g/mol. The summed E-state index contributed by atoms with van der Waals surface area (Å²) in [6, 6.07) is 12.0. The molecule has 9 heteroatoms. The van der Waals surface area contributed by atoms with Crippen LogP contribution in [-0.2, 0) is 19.6 Å². The number of esters is 1. The van der Waals surface area contributed by atoms with E-state index in [0.29, 0.717) is 6.54 Å². The molecule has 0 aliphatic rings. The van der Waals surface area contributed by atoms with Crippen LogP contribution < -0.4 is 10.0 Å². The number of amides is 1. The Morgan fingerprint density at radius 2 is 1.81 bits per heavy atom. The number of hydrogen-bond acceptors (Lipinski definition) is 5. The summed E-state index contributed by atoms with van der Waals surface area (Å²) in [4.78, 5) is 23.4. The molecule has 0 aliphatic heterocycles. The van der Waals surface area contributed by atoms with E-state index in [4.69, 9.17) is 4.74 Å². The van der Waals surface area contributed by atoms with Crippen LogP contribution in [0.1, 0.15) is 17.3 Å². The van der Waals surface area contributed by atoms with Crippen molar-refractivity contribution in [2.75, 3.05) is 17.9 Å². The summed E-state index contributed by atoms with van der Waals surface area (Å²) in [5.41, 5.74) is 0.339. The number of carbonyl (C=O) groups excluding carboxylic acids is 2. The SMILES string of the molecule is CCNC(=O)COC(=O)c1cccc(NS(=O)(=O)c2ccc(Br)cc2)c1. The molecule has 0 spiro atoms. The molecule has 2 rings (SSSR count). The third kappa shape index (κ3) is 5.57. The van der Waals surface area contributed by atoms with Crippen molar-refractivity contribution >= 4 is 43.5 Å². The van der Waals surface area contributed by atoms with E-state index in [9.17, 15) is 18.0 Å². The number of halogens is 1. The van der Waals surface area contributed by atoms with Crippen molar-refractivity contribution in [3.8, 4) is 0 Å². The zero-order valence-electron chi connectivity index (χ0n) is 13.9. The van der Waals surface area contributed by atoms with Crippen molar-refractivity contribution in [2.24, 2.45) is 0 Å². The molecule has 26 heavy (non-hydrogen) atoms. The highest BCUT2D eigenvalue weighted by molar-refractivity contribution is 9.10. The van der Waals surface area contributed by atoms with Crippen LogP contribution in [0.15, 0.2) is 57.9 Å². The second kappa shape index (κ2) is 8.81. The van der Waals surface area contributed by atoms with Gasteiger partial charge in [-0.15, -0.1) is 0 Å². The molecule has 0 bridgehead atoms. The number of carbonyl (C=O) groups is 2. The summed E-state index contributed by atoms with van der Waals surface area (Å²) in [5.74, 6) is -1.13. The number of nitrogens with one attached hydrogen (secondary N) is 2. The van der Waals surface area contributed by atoms with E-state index in [2.05, 4.69) is 26.0 Å². The van der Waals surface area contributed by atoms with Crippen LogP contribution in [0.4, 0.5) is 5.69 Å². The third-order valence-electron chi connectivity index (χ3n) is 3.18. The maximum atomic E-state index is 12.4. The Bertz CT molecular complexity index is 898. The summed E-state index contributed by atoms with van der Waals surface area (Å²) in [6.45, 7) is 1.78. The van der Waals surface area contributed by atoms with Crippen LogP contribution >= 0.6 is 15.9 Å². The van der Waals surface area contributed by atoms with Crippen molar-refractivity contribution in [1.82, 2.24) is 5.32 Å². The molecule has 0 atom stereocenters. The van der Waals surface area contributed by atoms with Gasteiger partial charge in [-0.3, -0.25) is 9.52 Å². The minimum absolute atomic E-state index is 0.0879. The van der Waals surface area contributed by atoms with E-state index in [1.54, 1.807) is 19.1 Å². The Labute approximate surface area is 159 Å². The van der Waals surface area contributed by atoms with Gasteiger partial charge >= 0.3 is 5.97 Å². The van der Waals surface area contributed by atoms with Gasteiger partial charge < -0.3 is 10.1 Å². The molecule has 2 aromatic rings. The fraction of sp³-hybridized carbons (Fsp3) is 0.176. The lowest BCUT2D eigenvalue weighted by Gasteiger charge is -2.10. The molecule has 0 saturated carbocycles. The average molecular weight is 441 g/mol. The van der Waals surface area contributed by atoms with Gasteiger partial charge in [-0.05, 0) is 49.4 Å². The number of hydrogen-bond donors (Lipinski definition) is 2. The zero-order chi connectivity index (χ0) is 19.2. The Hall–Kier alpha value is -2.39. The van der Waals surface area contributed by atoms with E-state index in [1.807, 2.05) is 0 Å². The molecule has 2 aromatic carbocycles. The highest BCUT2D eigenvalue weighted by Gasteiger charge is 2.16. The number of rotatable bonds is 7. The number of likely N-dealkylation sites (N-methyl/N-ethyl adjacent to an activating group) is 1. The maximum Gasteiger partial charge on any atom is 0.338 e. The molecule has 1 amide bonds. The first-order valence-corrected chi connectivity index (χ1v) is 9.91. The Kier molecular flexibility index (Phi) is 6.76. The van der Waals surface area contributed by atoms with Crippen LogP contribution in [0.2, 0.25) is 0 Å². The van der Waals surface area contributed by atoms with Crippen LogP contribution in [0.25, 0.3) is 0 Å². The fourth-order valence-corrected chi connectivity index (χ4v) is 3.31. The first-order valence-electron chi connectivity index (χ1n) is 7.64. The van der Waals surface area contributed by atoms with Gasteiger partial charge in [-0.25, -0.2) is 13.2 Å². The van der Waals surface area contributed by atoms with E-state index in [-0.39, 0.29) is 16.1 Å². The molecule has 0 fully saturated rings. The predicted molar refractivity (Wildman–Crippen MR) is 100 cm³/mol. The largest absolute Gasteiger partial charge is 0.452 e. The van der Waals surface area contributed by atoms with Gasteiger partial charge in [0.2, 0.25) is 0 Å². The smallest absolute Gasteiger partial charge is 0.338 e. The Morgan fingerprint density at radius 1 is 1.12 bits per heavy atom. The van der Waals surface area contributed by atoms with Gasteiger partial charge in [0.25, 0.3) is 15.9 Å². The van der Waals surface area contributed by atoms with E-state index in [0.717, 1.165) is 4.47 Å². The minimum Gasteiger partial charge on any atom is -0.452 e. The molecule has 0 unspecified atom stereocenters. The van der Waals surface area contributed by atoms with Crippen LogP contribution in [-0.4, -0.2) is 33.4 Å². The minimum atomic E-state index is -3.79. The van der Waals surface area contributed by atoms with Gasteiger partial charge in [0.1, 0.15) is 0 Å². The second-order valence-corrected chi connectivity index (χ2v) is 7.77. The summed E-state index contributed by atoms with van der Waals surface area (Å²) in [5, 5.41) is 2.51. The first-order chi connectivity index (χ1) is 12.3. The molecule has 2 N–H and O–H groups in total. The lowest BCUT2D eigenvalue weighted by Crippen LogP contribution is -2.28. The first kappa shape index (κ1) is 19.9. The van der Waals surface area contributed by atoms with Crippen molar-refractivity contribution < 1.29 is 22.7 Å². The molecule has 7 nitrogen and oxygen atoms in total. The Balaban J connectivity index is 2.10. The maximum absolute atomic E-state index is 12.4. The monoisotopic (exact) mass is 440 g/mol. The lowest BCUT2D eigenvalue weighted by molar-refractivity contribution is -0.124. The number of benzene rings is 2. The summed E-state index contributed by atoms with van der Waals surface area (Å²) >= 11 is 3.24.